The Morgan fingerprint density at radius 2 is 2.00 bits per heavy atom. The summed E-state index contributed by atoms with van der Waals surface area (Å²) < 4.78 is 39.7. The quantitative estimate of drug-likeness (QED) is 0.331. The molecule has 1 saturated heterocycles. The first-order chi connectivity index (χ1) is 14.1. The Hall–Kier alpha value is -2.15. The molecule has 1 aliphatic rings. The smallest absolute Gasteiger partial charge is 0.387 e. The monoisotopic (exact) mass is 537 g/mol. The molecule has 0 unspecified atom stereocenters. The number of aromatic nitrogens is 1. The van der Waals surface area contributed by atoms with Gasteiger partial charge in [-0.25, -0.2) is 0 Å². The molecule has 0 radical (unpaired) electrons. The van der Waals surface area contributed by atoms with Crippen molar-refractivity contribution in [3.8, 4) is 11.5 Å². The highest BCUT2D eigenvalue weighted by atomic mass is 127. The van der Waals surface area contributed by atoms with E-state index in [1.807, 2.05) is 6.07 Å². The van der Waals surface area contributed by atoms with Gasteiger partial charge in [0.05, 0.1) is 12.8 Å². The van der Waals surface area contributed by atoms with Crippen LogP contribution in [0.2, 0.25) is 0 Å². The minimum Gasteiger partial charge on any atom is -0.493 e. The van der Waals surface area contributed by atoms with Gasteiger partial charge in [0.1, 0.15) is 6.26 Å². The molecule has 0 spiro atoms. The first-order valence-electron chi connectivity index (χ1n) is 9.28. The van der Waals surface area contributed by atoms with Crippen LogP contribution in [0.3, 0.4) is 0 Å². The second-order valence-electron chi connectivity index (χ2n) is 6.52. The Bertz CT molecular complexity index is 799. The maximum absolute atomic E-state index is 12.6. The summed E-state index contributed by atoms with van der Waals surface area (Å²) in [5.74, 6) is 1.04. The molecule has 166 valence electrons. The summed E-state index contributed by atoms with van der Waals surface area (Å²) in [6, 6.07) is 6.82. The molecule has 1 aliphatic heterocycles. The topological polar surface area (TPSA) is 75.4 Å². The summed E-state index contributed by atoms with van der Waals surface area (Å²) in [7, 11) is 3.14. The number of aliphatic imine (C=N–C) groups is 1. The van der Waals surface area contributed by atoms with E-state index in [1.165, 1.54) is 7.11 Å². The highest BCUT2D eigenvalue weighted by Gasteiger charge is 2.20. The number of nitrogens with one attached hydrogen (secondary N) is 1. The molecule has 0 saturated carbocycles. The van der Waals surface area contributed by atoms with E-state index in [1.54, 1.807) is 31.5 Å². The van der Waals surface area contributed by atoms with Crippen LogP contribution in [0.25, 0.3) is 0 Å². The Labute approximate surface area is 191 Å². The van der Waals surface area contributed by atoms with Gasteiger partial charge in [0.15, 0.2) is 17.5 Å². The van der Waals surface area contributed by atoms with E-state index in [-0.39, 0.29) is 35.5 Å². The molecule has 1 N–H and O–H groups in total. The zero-order valence-electron chi connectivity index (χ0n) is 16.9. The molecule has 0 atom stereocenters. The molecule has 2 aromatic rings. The van der Waals surface area contributed by atoms with E-state index < -0.39 is 6.61 Å². The number of hydrogen-bond acceptors (Lipinski definition) is 6. The highest BCUT2D eigenvalue weighted by molar-refractivity contribution is 14.0. The molecule has 2 heterocycles. The van der Waals surface area contributed by atoms with Crippen LogP contribution in [0, 0.1) is 0 Å². The normalized spacial score (nSPS) is 15.1. The van der Waals surface area contributed by atoms with E-state index in [9.17, 15) is 8.78 Å². The number of alkyl halides is 2. The SMILES string of the molecule is CN=C(NCc1ccc(OC)c(OC(F)F)c1)N1CCN(Cc2ccon2)CC1.I. The third-order valence-electron chi connectivity index (χ3n) is 4.66. The fraction of sp³-hybridized carbons (Fsp3) is 0.474. The predicted octanol–water partition coefficient (Wildman–Crippen LogP) is 2.80. The van der Waals surface area contributed by atoms with Gasteiger partial charge in [-0.1, -0.05) is 11.2 Å². The van der Waals surface area contributed by atoms with Gasteiger partial charge in [-0.05, 0) is 17.7 Å². The average Bonchev–Trinajstić information content (AvgIpc) is 3.22. The maximum Gasteiger partial charge on any atom is 0.387 e. The number of rotatable bonds is 7. The zero-order valence-corrected chi connectivity index (χ0v) is 19.2. The third kappa shape index (κ3) is 6.69. The van der Waals surface area contributed by atoms with Gasteiger partial charge in [-0.15, -0.1) is 24.0 Å². The number of nitrogens with zero attached hydrogens (tertiary/aromatic N) is 4. The first-order valence-corrected chi connectivity index (χ1v) is 9.28. The number of halogens is 3. The van der Waals surface area contributed by atoms with Gasteiger partial charge >= 0.3 is 6.61 Å². The molecule has 1 aromatic carbocycles. The summed E-state index contributed by atoms with van der Waals surface area (Å²) in [5.41, 5.74) is 1.70. The number of guanidine groups is 1. The summed E-state index contributed by atoms with van der Waals surface area (Å²) in [4.78, 5) is 8.81. The van der Waals surface area contributed by atoms with Crippen LogP contribution in [0.15, 0.2) is 40.0 Å². The molecule has 0 amide bonds. The fourth-order valence-corrected chi connectivity index (χ4v) is 3.20. The molecule has 30 heavy (non-hydrogen) atoms. The lowest BCUT2D eigenvalue weighted by Crippen LogP contribution is -2.52. The van der Waals surface area contributed by atoms with E-state index in [0.717, 1.165) is 49.9 Å². The fourth-order valence-electron chi connectivity index (χ4n) is 3.20. The van der Waals surface area contributed by atoms with Gasteiger partial charge in [0, 0.05) is 52.4 Å². The van der Waals surface area contributed by atoms with Crippen molar-refractivity contribution in [2.45, 2.75) is 19.7 Å². The van der Waals surface area contributed by atoms with Gasteiger partial charge in [0.25, 0.3) is 0 Å². The molecule has 1 aromatic heterocycles. The van der Waals surface area contributed by atoms with Crippen molar-refractivity contribution in [3.05, 3.63) is 41.8 Å². The first kappa shape index (κ1) is 24.1. The largest absolute Gasteiger partial charge is 0.493 e. The second kappa shape index (κ2) is 11.9. The van der Waals surface area contributed by atoms with Gasteiger partial charge in [0.2, 0.25) is 0 Å². The molecular formula is C19H26F2IN5O3. The Morgan fingerprint density at radius 1 is 1.23 bits per heavy atom. The minimum atomic E-state index is -2.91. The van der Waals surface area contributed by atoms with Crippen LogP contribution < -0.4 is 14.8 Å². The highest BCUT2D eigenvalue weighted by Crippen LogP contribution is 2.29. The van der Waals surface area contributed by atoms with Crippen molar-refractivity contribution >= 4 is 29.9 Å². The number of benzene rings is 1. The Morgan fingerprint density at radius 3 is 2.60 bits per heavy atom. The molecule has 0 aliphatic carbocycles. The molecule has 0 bridgehead atoms. The van der Waals surface area contributed by atoms with Gasteiger partial charge < -0.3 is 24.2 Å². The average molecular weight is 537 g/mol. The third-order valence-corrected chi connectivity index (χ3v) is 4.66. The van der Waals surface area contributed by atoms with Crippen molar-refractivity contribution in [1.29, 1.82) is 0 Å². The Balaban J connectivity index is 0.00000320. The van der Waals surface area contributed by atoms with E-state index in [0.29, 0.717) is 6.54 Å². The molecule has 8 nitrogen and oxygen atoms in total. The molecular weight excluding hydrogens is 511 g/mol. The minimum absolute atomic E-state index is 0. The van der Waals surface area contributed by atoms with Crippen molar-refractivity contribution in [2.24, 2.45) is 4.99 Å². The summed E-state index contributed by atoms with van der Waals surface area (Å²) in [5, 5.41) is 7.23. The molecule has 1 fully saturated rings. The number of ether oxygens (including phenoxy) is 2. The van der Waals surface area contributed by atoms with Crippen molar-refractivity contribution in [2.75, 3.05) is 40.3 Å². The standard InChI is InChI=1S/C19H25F2N5O3.HI/c1-22-19(26-8-6-25(7-9-26)13-15-5-10-28-24-15)23-12-14-3-4-16(27-2)17(11-14)29-18(20)21;/h3-5,10-11,18H,6-9,12-13H2,1-2H3,(H,22,23);1H. The molecule has 3 rings (SSSR count). The number of piperazine rings is 1. The van der Waals surface area contributed by atoms with Gasteiger partial charge in [-0.2, -0.15) is 8.78 Å². The Kier molecular flexibility index (Phi) is 9.56. The summed E-state index contributed by atoms with van der Waals surface area (Å²) in [6.45, 7) is 1.67. The predicted molar refractivity (Wildman–Crippen MR) is 119 cm³/mol. The van der Waals surface area contributed by atoms with Crippen LogP contribution in [0.1, 0.15) is 11.3 Å². The lowest BCUT2D eigenvalue weighted by molar-refractivity contribution is -0.0512. The lowest BCUT2D eigenvalue weighted by Gasteiger charge is -2.36. The van der Waals surface area contributed by atoms with Crippen LogP contribution in [-0.4, -0.2) is 67.9 Å². The van der Waals surface area contributed by atoms with Crippen LogP contribution in [-0.2, 0) is 13.1 Å². The van der Waals surface area contributed by atoms with E-state index in [4.69, 9.17) is 9.26 Å². The van der Waals surface area contributed by atoms with Crippen LogP contribution in [0.5, 0.6) is 11.5 Å². The lowest BCUT2D eigenvalue weighted by atomic mass is 10.2. The van der Waals surface area contributed by atoms with Crippen molar-refractivity contribution in [1.82, 2.24) is 20.3 Å². The van der Waals surface area contributed by atoms with E-state index >= 15 is 0 Å². The van der Waals surface area contributed by atoms with Gasteiger partial charge in [-0.3, -0.25) is 9.89 Å². The van der Waals surface area contributed by atoms with E-state index in [2.05, 4.69) is 30.0 Å². The number of methoxy groups -OCH3 is 1. The summed E-state index contributed by atoms with van der Waals surface area (Å²) >= 11 is 0. The van der Waals surface area contributed by atoms with Crippen molar-refractivity contribution in [3.63, 3.8) is 0 Å². The van der Waals surface area contributed by atoms with Crippen LogP contribution in [0.4, 0.5) is 8.78 Å². The second-order valence-corrected chi connectivity index (χ2v) is 6.52. The summed E-state index contributed by atoms with van der Waals surface area (Å²) in [6.07, 6.45) is 1.58. The number of hydrogen-bond donors (Lipinski definition) is 1. The van der Waals surface area contributed by atoms with Crippen molar-refractivity contribution < 1.29 is 22.8 Å². The molecule has 11 heteroatoms. The van der Waals surface area contributed by atoms with Crippen LogP contribution >= 0.6 is 24.0 Å². The maximum atomic E-state index is 12.6. The zero-order chi connectivity index (χ0) is 20.6.